The van der Waals surface area contributed by atoms with E-state index in [1.807, 2.05) is 19.3 Å². The monoisotopic (exact) mass is 1000 g/mol. The van der Waals surface area contributed by atoms with E-state index in [0.717, 1.165) is 152 Å². The highest BCUT2D eigenvalue weighted by atomic mass is 16.5. The van der Waals surface area contributed by atoms with Crippen molar-refractivity contribution in [2.24, 2.45) is 30.7 Å². The number of amides is 6. The van der Waals surface area contributed by atoms with Gasteiger partial charge < -0.3 is 30.1 Å². The third-order valence-corrected chi connectivity index (χ3v) is 16.8. The summed E-state index contributed by atoms with van der Waals surface area (Å²) in [5.41, 5.74) is 2.55. The van der Waals surface area contributed by atoms with Gasteiger partial charge in [0.15, 0.2) is 0 Å². The Morgan fingerprint density at radius 1 is 0.740 bits per heavy atom. The second-order valence-electron chi connectivity index (χ2n) is 21.4. The van der Waals surface area contributed by atoms with E-state index < -0.39 is 35.6 Å². The number of carbonyl (C=O) groups is 7. The van der Waals surface area contributed by atoms with Crippen molar-refractivity contribution in [2.75, 3.05) is 74.5 Å². The Kier molecular flexibility index (Phi) is 15.1. The highest BCUT2D eigenvalue weighted by Crippen LogP contribution is 2.37. The summed E-state index contributed by atoms with van der Waals surface area (Å²) >= 11 is 0. The lowest BCUT2D eigenvalue weighted by Crippen LogP contribution is -2.54. The van der Waals surface area contributed by atoms with E-state index in [4.69, 9.17) is 4.74 Å². The largest absolute Gasteiger partial charge is 0.462 e. The zero-order valence-electron chi connectivity index (χ0n) is 42.3. The summed E-state index contributed by atoms with van der Waals surface area (Å²) in [6, 6.07) is 4.97. The minimum Gasteiger partial charge on any atom is -0.462 e. The number of hydrogen-bond donors (Lipinski definition) is 3. The molecule has 2 aliphatic carbocycles. The Morgan fingerprint density at radius 2 is 1.38 bits per heavy atom. The lowest BCUT2D eigenvalue weighted by atomic mass is 9.79. The molecule has 3 aromatic rings. The van der Waals surface area contributed by atoms with Gasteiger partial charge in [0, 0.05) is 108 Å². The number of fused-ring (bicyclic) bond motifs is 1. The van der Waals surface area contributed by atoms with Gasteiger partial charge in [0.25, 0.3) is 11.8 Å². The number of imide groups is 2. The van der Waals surface area contributed by atoms with E-state index in [1.54, 1.807) is 29.9 Å². The van der Waals surface area contributed by atoms with Crippen LogP contribution in [0, 0.1) is 23.7 Å². The van der Waals surface area contributed by atoms with E-state index in [1.165, 1.54) is 6.20 Å². The van der Waals surface area contributed by atoms with Crippen LogP contribution < -0.4 is 20.9 Å². The molecule has 7 aliphatic rings. The van der Waals surface area contributed by atoms with Crippen LogP contribution in [-0.4, -0.2) is 158 Å². The lowest BCUT2D eigenvalue weighted by Gasteiger charge is -2.43. The van der Waals surface area contributed by atoms with Crippen LogP contribution in [0.4, 0.5) is 23.1 Å². The Morgan fingerprint density at radius 3 is 2.01 bits per heavy atom. The number of benzene rings is 1. The number of nitrogens with zero attached hydrogens (tertiary/aromatic N) is 9. The fourth-order valence-electron chi connectivity index (χ4n) is 12.7. The van der Waals surface area contributed by atoms with Crippen LogP contribution in [0.5, 0.6) is 0 Å². The molecule has 7 heterocycles. The molecule has 20 nitrogen and oxygen atoms in total. The summed E-state index contributed by atoms with van der Waals surface area (Å²) in [7, 11) is 1.83. The van der Waals surface area contributed by atoms with Crippen molar-refractivity contribution in [3.63, 3.8) is 0 Å². The second-order valence-corrected chi connectivity index (χ2v) is 21.4. The van der Waals surface area contributed by atoms with E-state index in [0.29, 0.717) is 46.3 Å². The summed E-state index contributed by atoms with van der Waals surface area (Å²) in [5.74, 6) is 0.0637. The number of carbonyl (C=O) groups excluding carboxylic acids is 7. The maximum Gasteiger partial charge on any atom is 0.343 e. The van der Waals surface area contributed by atoms with Crippen molar-refractivity contribution in [1.29, 1.82) is 0 Å². The molecule has 73 heavy (non-hydrogen) atoms. The highest BCUT2D eigenvalue weighted by molar-refractivity contribution is 6.23. The van der Waals surface area contributed by atoms with Crippen LogP contribution in [0.1, 0.15) is 134 Å². The molecule has 1 atom stereocenters. The van der Waals surface area contributed by atoms with E-state index in [9.17, 15) is 33.6 Å². The molecular formula is C53H70N12O8. The van der Waals surface area contributed by atoms with Crippen molar-refractivity contribution >= 4 is 64.6 Å². The van der Waals surface area contributed by atoms with Crippen LogP contribution in [0.2, 0.25) is 0 Å². The van der Waals surface area contributed by atoms with Crippen molar-refractivity contribution in [3.05, 3.63) is 53.5 Å². The first kappa shape index (κ1) is 50.1. The van der Waals surface area contributed by atoms with Gasteiger partial charge in [0.1, 0.15) is 17.4 Å². The third-order valence-electron chi connectivity index (χ3n) is 16.8. The van der Waals surface area contributed by atoms with E-state index >= 15 is 0 Å². The normalized spacial score (nSPS) is 25.6. The van der Waals surface area contributed by atoms with Crippen LogP contribution in [-0.2, 0) is 31.0 Å². The summed E-state index contributed by atoms with van der Waals surface area (Å²) in [4.78, 5) is 110. The zero-order valence-corrected chi connectivity index (χ0v) is 42.3. The van der Waals surface area contributed by atoms with Gasteiger partial charge in [-0.25, -0.2) is 9.78 Å². The average molecular weight is 1000 g/mol. The molecule has 6 fully saturated rings. The van der Waals surface area contributed by atoms with Gasteiger partial charge in [-0.05, 0) is 127 Å². The molecule has 2 aromatic heterocycles. The Bertz CT molecular complexity index is 2560. The summed E-state index contributed by atoms with van der Waals surface area (Å²) < 4.78 is 6.99. The number of aryl methyl sites for hydroxylation is 1. The molecular weight excluding hydrogens is 933 g/mol. The highest BCUT2D eigenvalue weighted by Gasteiger charge is 2.45. The third kappa shape index (κ3) is 11.1. The van der Waals surface area contributed by atoms with E-state index in [2.05, 4.69) is 50.6 Å². The molecule has 1 aromatic carbocycles. The zero-order chi connectivity index (χ0) is 50.8. The minimum atomic E-state index is -0.978. The van der Waals surface area contributed by atoms with Crippen molar-refractivity contribution in [2.45, 2.75) is 121 Å². The standard InChI is InChI=1S/C53H70N12O8/c1-3-73-52(72)43-31-54-53(57-38-30-55-60(2)32-38)59-46(43)56-37-8-10-39(11-9-37)62-24-26-64(27-25-62)49(69)36-6-4-35(5-7-36)48(68)63-22-18-34(19-23-63)28-33-16-20-61(21-17-33)40-12-13-41-42(29-40)51(71)65(50(41)70)44-14-15-45(66)58-47(44)67/h12-13,29-37,39,44H,3-11,14-28H2,1-2H3,(H,58,66,67)(H2,54,56,57,59). The molecule has 0 radical (unpaired) electrons. The smallest absolute Gasteiger partial charge is 0.343 e. The fourth-order valence-corrected chi connectivity index (χ4v) is 12.7. The van der Waals surface area contributed by atoms with Gasteiger partial charge in [-0.15, -0.1) is 0 Å². The topological polar surface area (TPSA) is 225 Å². The van der Waals surface area contributed by atoms with Gasteiger partial charge in [0.05, 0.1) is 29.6 Å². The predicted octanol–water partition coefficient (Wildman–Crippen LogP) is 4.75. The minimum absolute atomic E-state index is 0.00354. The van der Waals surface area contributed by atoms with Crippen molar-refractivity contribution in [1.82, 2.24) is 44.7 Å². The first-order valence-corrected chi connectivity index (χ1v) is 26.9. The predicted molar refractivity (Wildman–Crippen MR) is 270 cm³/mol. The van der Waals surface area contributed by atoms with Gasteiger partial charge in [-0.2, -0.15) is 10.1 Å². The number of hydrogen-bond acceptors (Lipinski definition) is 15. The Balaban J connectivity index is 0.613. The molecule has 0 spiro atoms. The van der Waals surface area contributed by atoms with Crippen molar-refractivity contribution in [3.8, 4) is 0 Å². The number of aromatic nitrogens is 4. The Labute approximate surface area is 426 Å². The molecule has 390 valence electrons. The maximum atomic E-state index is 13.8. The molecule has 20 heteroatoms. The van der Waals surface area contributed by atoms with Gasteiger partial charge >= 0.3 is 5.97 Å². The molecule has 2 saturated carbocycles. The molecule has 3 N–H and O–H groups in total. The van der Waals surface area contributed by atoms with Crippen molar-refractivity contribution < 1.29 is 38.3 Å². The van der Waals surface area contributed by atoms with Crippen LogP contribution in [0.15, 0.2) is 36.8 Å². The molecule has 5 aliphatic heterocycles. The number of piperidine rings is 3. The molecule has 0 bridgehead atoms. The average Bonchev–Trinajstić information content (AvgIpc) is 3.93. The molecule has 1 unspecified atom stereocenters. The molecule has 10 rings (SSSR count). The van der Waals surface area contributed by atoms with Crippen LogP contribution in [0.25, 0.3) is 0 Å². The first-order chi connectivity index (χ1) is 35.4. The van der Waals surface area contributed by atoms with Gasteiger partial charge in [-0.1, -0.05) is 0 Å². The maximum absolute atomic E-state index is 13.8. The number of anilines is 4. The van der Waals surface area contributed by atoms with Gasteiger partial charge in [0.2, 0.25) is 29.6 Å². The van der Waals surface area contributed by atoms with E-state index in [-0.39, 0.29) is 49.1 Å². The number of nitrogens with one attached hydrogen (secondary N) is 3. The number of rotatable bonds is 13. The molecule has 6 amide bonds. The second kappa shape index (κ2) is 22.0. The van der Waals surface area contributed by atoms with Gasteiger partial charge in [-0.3, -0.25) is 48.6 Å². The summed E-state index contributed by atoms with van der Waals surface area (Å²) in [5, 5.41) is 13.1. The Hall–Kier alpha value is -6.44. The molecule has 4 saturated heterocycles. The number of ether oxygens (including phenoxy) is 1. The SMILES string of the molecule is CCOC(=O)c1cnc(Nc2cnn(C)c2)nc1NC1CCC(N2CCN(C(=O)C3CCC(C(=O)N4CCC(CC5CCN(c6ccc7c(c6)C(=O)N(C6CCC(=O)NC6=O)C7=O)CC5)CC4)CC3)CC2)CC1. The number of likely N-dealkylation sites (tertiary alicyclic amines) is 1. The van der Waals surface area contributed by atoms with Crippen LogP contribution >= 0.6 is 0 Å². The summed E-state index contributed by atoms with van der Waals surface area (Å²) in [6.45, 7) is 8.51. The summed E-state index contributed by atoms with van der Waals surface area (Å²) in [6.07, 6.45) is 17.4. The lowest BCUT2D eigenvalue weighted by molar-refractivity contribution is -0.143. The fraction of sp³-hybridized carbons (Fsp3) is 0.623. The number of piperazine rings is 1. The first-order valence-electron chi connectivity index (χ1n) is 26.9. The van der Waals surface area contributed by atoms with Crippen LogP contribution in [0.3, 0.4) is 0 Å². The quantitative estimate of drug-likeness (QED) is 0.155. The number of esters is 1.